The molecule has 2 N–H and O–H groups in total. The fraction of sp³-hybridized carbons (Fsp3) is 0.312. The fourth-order valence-electron chi connectivity index (χ4n) is 2.62. The number of hydrogen-bond acceptors (Lipinski definition) is 4. The summed E-state index contributed by atoms with van der Waals surface area (Å²) in [5.41, 5.74) is 9.92. The minimum absolute atomic E-state index is 0.693. The van der Waals surface area contributed by atoms with Gasteiger partial charge in [-0.25, -0.2) is 4.98 Å². The first kappa shape index (κ1) is 12.8. The van der Waals surface area contributed by atoms with Gasteiger partial charge in [-0.15, -0.1) is 0 Å². The quantitative estimate of drug-likeness (QED) is 0.910. The van der Waals surface area contributed by atoms with Crippen LogP contribution in [0.5, 0.6) is 5.75 Å². The molecule has 2 aromatic rings. The highest BCUT2D eigenvalue weighted by atomic mass is 16.5. The predicted molar refractivity (Wildman–Crippen MR) is 81.7 cm³/mol. The van der Waals surface area contributed by atoms with Crippen LogP contribution in [0.4, 0.5) is 17.2 Å². The van der Waals surface area contributed by atoms with Gasteiger partial charge in [0.2, 0.25) is 0 Å². The Morgan fingerprint density at radius 1 is 1.30 bits per heavy atom. The van der Waals surface area contributed by atoms with Gasteiger partial charge in [-0.2, -0.15) is 0 Å². The van der Waals surface area contributed by atoms with Crippen molar-refractivity contribution in [1.29, 1.82) is 0 Å². The third kappa shape index (κ3) is 2.29. The second kappa shape index (κ2) is 5.04. The van der Waals surface area contributed by atoms with E-state index in [1.165, 1.54) is 5.56 Å². The Labute approximate surface area is 119 Å². The molecule has 0 saturated heterocycles. The minimum atomic E-state index is 0.693. The van der Waals surface area contributed by atoms with E-state index in [0.717, 1.165) is 42.3 Å². The molecule has 0 amide bonds. The van der Waals surface area contributed by atoms with Crippen molar-refractivity contribution in [1.82, 2.24) is 4.98 Å². The molecule has 1 aromatic carbocycles. The van der Waals surface area contributed by atoms with Gasteiger partial charge in [0.15, 0.2) is 0 Å². The summed E-state index contributed by atoms with van der Waals surface area (Å²) >= 11 is 0. The van der Waals surface area contributed by atoms with Crippen LogP contribution in [0.25, 0.3) is 0 Å². The number of nitrogens with zero attached hydrogens (tertiary/aromatic N) is 2. The van der Waals surface area contributed by atoms with Crippen molar-refractivity contribution < 1.29 is 4.74 Å². The number of pyridine rings is 1. The molecular formula is C16H19N3O. The molecule has 4 heteroatoms. The number of hydrogen-bond donors (Lipinski definition) is 1. The summed E-state index contributed by atoms with van der Waals surface area (Å²) in [7, 11) is 2.02. The summed E-state index contributed by atoms with van der Waals surface area (Å²) in [6.07, 6.45) is 3.85. The lowest BCUT2D eigenvalue weighted by atomic mass is 10.1. The Morgan fingerprint density at radius 2 is 2.15 bits per heavy atom. The zero-order chi connectivity index (χ0) is 14.1. The van der Waals surface area contributed by atoms with Crippen molar-refractivity contribution >= 4 is 17.2 Å². The molecular weight excluding hydrogens is 250 g/mol. The monoisotopic (exact) mass is 269 g/mol. The number of ether oxygens (including phenoxy) is 1. The Hall–Kier alpha value is -2.23. The first-order valence-corrected chi connectivity index (χ1v) is 6.87. The molecule has 2 heterocycles. The molecule has 1 aromatic heterocycles. The van der Waals surface area contributed by atoms with Gasteiger partial charge in [0.1, 0.15) is 11.6 Å². The molecule has 4 nitrogen and oxygen atoms in total. The maximum atomic E-state index is 5.76. The maximum absolute atomic E-state index is 5.76. The van der Waals surface area contributed by atoms with Gasteiger partial charge in [0, 0.05) is 12.7 Å². The Balaban J connectivity index is 1.95. The van der Waals surface area contributed by atoms with Gasteiger partial charge >= 0.3 is 0 Å². The van der Waals surface area contributed by atoms with E-state index in [9.17, 15) is 0 Å². The molecule has 0 fully saturated rings. The lowest BCUT2D eigenvalue weighted by Gasteiger charge is -2.23. The van der Waals surface area contributed by atoms with Crippen LogP contribution in [-0.2, 0) is 6.42 Å². The minimum Gasteiger partial charge on any atom is -0.493 e. The Kier molecular flexibility index (Phi) is 3.22. The lowest BCUT2D eigenvalue weighted by Crippen LogP contribution is -2.14. The van der Waals surface area contributed by atoms with Crippen molar-refractivity contribution in [2.45, 2.75) is 19.8 Å². The zero-order valence-electron chi connectivity index (χ0n) is 11.9. The highest BCUT2D eigenvalue weighted by Crippen LogP contribution is 2.32. The van der Waals surface area contributed by atoms with E-state index >= 15 is 0 Å². The van der Waals surface area contributed by atoms with E-state index < -0.39 is 0 Å². The second-order valence-corrected chi connectivity index (χ2v) is 5.21. The molecule has 1 aliphatic heterocycles. The number of aryl methyl sites for hydroxylation is 2. The first-order valence-electron chi connectivity index (χ1n) is 6.87. The van der Waals surface area contributed by atoms with Crippen molar-refractivity contribution in [3.63, 3.8) is 0 Å². The summed E-state index contributed by atoms with van der Waals surface area (Å²) in [5, 5.41) is 0. The average molecular weight is 269 g/mol. The molecule has 0 aliphatic carbocycles. The molecule has 0 bridgehead atoms. The zero-order valence-corrected chi connectivity index (χ0v) is 11.9. The van der Waals surface area contributed by atoms with Gasteiger partial charge in [-0.1, -0.05) is 0 Å². The topological polar surface area (TPSA) is 51.4 Å². The van der Waals surface area contributed by atoms with E-state index in [1.54, 1.807) is 6.20 Å². The molecule has 0 radical (unpaired) electrons. The number of fused-ring (bicyclic) bond motifs is 1. The molecule has 0 spiro atoms. The Bertz CT molecular complexity index is 640. The summed E-state index contributed by atoms with van der Waals surface area (Å²) in [6.45, 7) is 2.84. The molecule has 1 aliphatic rings. The van der Waals surface area contributed by atoms with Crippen molar-refractivity contribution in [2.24, 2.45) is 0 Å². The second-order valence-electron chi connectivity index (χ2n) is 5.21. The van der Waals surface area contributed by atoms with E-state index in [1.807, 2.05) is 26.1 Å². The van der Waals surface area contributed by atoms with Crippen LogP contribution in [0.3, 0.4) is 0 Å². The van der Waals surface area contributed by atoms with E-state index in [4.69, 9.17) is 10.5 Å². The third-order valence-corrected chi connectivity index (χ3v) is 3.67. The van der Waals surface area contributed by atoms with Crippen LogP contribution in [0.15, 0.2) is 30.5 Å². The van der Waals surface area contributed by atoms with Gasteiger partial charge in [-0.05, 0) is 55.2 Å². The summed E-state index contributed by atoms with van der Waals surface area (Å²) in [5.74, 6) is 1.94. The SMILES string of the molecule is Cc1cc(N)cnc1N(C)c1ccc2c(c1)CCCO2. The van der Waals surface area contributed by atoms with Gasteiger partial charge < -0.3 is 15.4 Å². The standard InChI is InChI=1S/C16H19N3O/c1-11-8-13(17)10-18-16(11)19(2)14-5-6-15-12(9-14)4-3-7-20-15/h5-6,8-10H,3-4,7,17H2,1-2H3. The van der Waals surface area contributed by atoms with Crippen molar-refractivity contribution in [2.75, 3.05) is 24.3 Å². The van der Waals surface area contributed by atoms with Gasteiger partial charge in [-0.3, -0.25) is 0 Å². The molecule has 3 rings (SSSR count). The highest BCUT2D eigenvalue weighted by molar-refractivity contribution is 5.65. The number of rotatable bonds is 2. The average Bonchev–Trinajstić information content (AvgIpc) is 2.46. The van der Waals surface area contributed by atoms with Crippen LogP contribution in [0, 0.1) is 6.92 Å². The highest BCUT2D eigenvalue weighted by Gasteiger charge is 2.14. The number of aromatic nitrogens is 1. The molecule has 0 unspecified atom stereocenters. The Morgan fingerprint density at radius 3 is 2.95 bits per heavy atom. The van der Waals surface area contributed by atoms with Gasteiger partial charge in [0.25, 0.3) is 0 Å². The molecule has 0 atom stereocenters. The predicted octanol–water partition coefficient (Wildman–Crippen LogP) is 3.07. The number of nitrogens with two attached hydrogens (primary N) is 1. The number of benzene rings is 1. The molecule has 104 valence electrons. The van der Waals surface area contributed by atoms with E-state index in [-0.39, 0.29) is 0 Å². The van der Waals surface area contributed by atoms with Crippen LogP contribution in [-0.4, -0.2) is 18.6 Å². The van der Waals surface area contributed by atoms with E-state index in [0.29, 0.717) is 5.69 Å². The summed E-state index contributed by atoms with van der Waals surface area (Å²) in [4.78, 5) is 6.52. The third-order valence-electron chi connectivity index (χ3n) is 3.67. The van der Waals surface area contributed by atoms with Crippen molar-refractivity contribution in [3.8, 4) is 5.75 Å². The number of nitrogen functional groups attached to an aromatic ring is 1. The number of anilines is 3. The van der Waals surface area contributed by atoms with Crippen LogP contribution in [0.1, 0.15) is 17.5 Å². The van der Waals surface area contributed by atoms with Crippen LogP contribution in [0.2, 0.25) is 0 Å². The lowest BCUT2D eigenvalue weighted by molar-refractivity contribution is 0.288. The van der Waals surface area contributed by atoms with E-state index in [2.05, 4.69) is 22.0 Å². The largest absolute Gasteiger partial charge is 0.493 e. The fourth-order valence-corrected chi connectivity index (χ4v) is 2.62. The van der Waals surface area contributed by atoms with Crippen molar-refractivity contribution in [3.05, 3.63) is 41.6 Å². The maximum Gasteiger partial charge on any atom is 0.135 e. The van der Waals surface area contributed by atoms with Gasteiger partial charge in [0.05, 0.1) is 18.5 Å². The molecule has 20 heavy (non-hydrogen) atoms. The summed E-state index contributed by atoms with van der Waals surface area (Å²) < 4.78 is 5.65. The smallest absolute Gasteiger partial charge is 0.135 e. The molecule has 0 saturated carbocycles. The first-order chi connectivity index (χ1) is 9.65. The van der Waals surface area contributed by atoms with Crippen LogP contribution >= 0.6 is 0 Å². The normalized spacial score (nSPS) is 13.5. The van der Waals surface area contributed by atoms with Crippen LogP contribution < -0.4 is 15.4 Å². The summed E-state index contributed by atoms with van der Waals surface area (Å²) in [6, 6.07) is 8.25.